The van der Waals surface area contributed by atoms with Crippen molar-refractivity contribution in [2.45, 2.75) is 26.1 Å². The van der Waals surface area contributed by atoms with E-state index < -0.39 is 11.2 Å². The number of rotatable bonds is 6. The molecule has 0 radical (unpaired) electrons. The van der Waals surface area contributed by atoms with Crippen molar-refractivity contribution < 1.29 is 4.79 Å². The van der Waals surface area contributed by atoms with Gasteiger partial charge in [-0.25, -0.2) is 4.79 Å². The van der Waals surface area contributed by atoms with Gasteiger partial charge in [-0.15, -0.1) is 12.4 Å². The molecule has 0 bridgehead atoms. The van der Waals surface area contributed by atoms with E-state index in [1.807, 2.05) is 30.3 Å². The van der Waals surface area contributed by atoms with Crippen LogP contribution in [0.25, 0.3) is 0 Å². The molecule has 0 aliphatic rings. The van der Waals surface area contributed by atoms with Crippen molar-refractivity contribution in [3.63, 3.8) is 0 Å². The van der Waals surface area contributed by atoms with Gasteiger partial charge in [-0.05, 0) is 12.5 Å². The van der Waals surface area contributed by atoms with E-state index >= 15 is 0 Å². The zero-order valence-electron chi connectivity index (χ0n) is 14.3. The summed E-state index contributed by atoms with van der Waals surface area (Å²) in [6.07, 6.45) is 1.45. The van der Waals surface area contributed by atoms with Crippen LogP contribution in [0.15, 0.2) is 52.2 Å². The average Bonchev–Trinajstić information content (AvgIpc) is 2.60. The van der Waals surface area contributed by atoms with Gasteiger partial charge in [-0.3, -0.25) is 18.7 Å². The minimum absolute atomic E-state index is 0. The van der Waals surface area contributed by atoms with Crippen LogP contribution in [0.1, 0.15) is 12.5 Å². The maximum Gasteiger partial charge on any atom is 0.331 e. The molecule has 8 heteroatoms. The van der Waals surface area contributed by atoms with E-state index in [1.165, 1.54) is 21.7 Å². The Morgan fingerprint density at radius 3 is 2.44 bits per heavy atom. The van der Waals surface area contributed by atoms with Gasteiger partial charge in [0.25, 0.3) is 5.56 Å². The summed E-state index contributed by atoms with van der Waals surface area (Å²) in [7, 11) is 1.61. The molecule has 1 unspecified atom stereocenters. The maximum absolute atomic E-state index is 12.5. The topological polar surface area (TPSA) is 90.3 Å². The molecule has 0 saturated heterocycles. The van der Waals surface area contributed by atoms with Crippen molar-refractivity contribution in [3.8, 4) is 0 Å². The van der Waals surface area contributed by atoms with Crippen LogP contribution in [0.2, 0.25) is 0 Å². The smallest absolute Gasteiger partial charge is 0.331 e. The Kier molecular flexibility index (Phi) is 7.60. The van der Waals surface area contributed by atoms with E-state index in [-0.39, 0.29) is 30.9 Å². The molecule has 0 spiro atoms. The van der Waals surface area contributed by atoms with Crippen LogP contribution in [0.3, 0.4) is 0 Å². The SMILES string of the molecule is CC(CN)N(C)C(=O)Cn1c(=O)ccn(Cc2ccccc2)c1=O.Cl. The summed E-state index contributed by atoms with van der Waals surface area (Å²) < 4.78 is 2.36. The lowest BCUT2D eigenvalue weighted by atomic mass is 10.2. The number of hydrogen-bond donors (Lipinski definition) is 1. The Labute approximate surface area is 152 Å². The van der Waals surface area contributed by atoms with Crippen molar-refractivity contribution >= 4 is 18.3 Å². The van der Waals surface area contributed by atoms with Gasteiger partial charge in [0, 0.05) is 31.9 Å². The standard InChI is InChI=1S/C17H22N4O3.ClH/c1-13(10-18)19(2)16(23)12-21-15(22)8-9-20(17(21)24)11-14-6-4-3-5-7-14;/h3-9,13H,10-12,18H2,1-2H3;1H. The number of carbonyl (C=O) groups excluding carboxylic acids is 1. The number of amides is 1. The molecule has 0 aliphatic carbocycles. The summed E-state index contributed by atoms with van der Waals surface area (Å²) in [4.78, 5) is 38.2. The lowest BCUT2D eigenvalue weighted by Crippen LogP contribution is -2.46. The fourth-order valence-corrected chi connectivity index (χ4v) is 2.25. The Bertz CT molecular complexity index is 817. The molecule has 2 rings (SSSR count). The number of aromatic nitrogens is 2. The first-order valence-electron chi connectivity index (χ1n) is 7.74. The van der Waals surface area contributed by atoms with Crippen LogP contribution >= 0.6 is 12.4 Å². The summed E-state index contributed by atoms with van der Waals surface area (Å²) in [6.45, 7) is 2.15. The molecule has 1 aromatic heterocycles. The molecule has 7 nitrogen and oxygen atoms in total. The largest absolute Gasteiger partial charge is 0.340 e. The Morgan fingerprint density at radius 1 is 1.20 bits per heavy atom. The van der Waals surface area contributed by atoms with E-state index in [0.717, 1.165) is 10.1 Å². The quantitative estimate of drug-likeness (QED) is 0.795. The Morgan fingerprint density at radius 2 is 1.84 bits per heavy atom. The summed E-state index contributed by atoms with van der Waals surface area (Å²) in [6, 6.07) is 10.6. The number of hydrogen-bond acceptors (Lipinski definition) is 4. The molecule has 1 atom stereocenters. The molecular weight excluding hydrogens is 344 g/mol. The lowest BCUT2D eigenvalue weighted by molar-refractivity contribution is -0.132. The lowest BCUT2D eigenvalue weighted by Gasteiger charge is -2.23. The van der Waals surface area contributed by atoms with E-state index in [9.17, 15) is 14.4 Å². The number of likely N-dealkylation sites (N-methyl/N-ethyl adjacent to an activating group) is 1. The summed E-state index contributed by atoms with van der Waals surface area (Å²) in [5.41, 5.74) is 5.48. The first-order chi connectivity index (χ1) is 11.4. The second kappa shape index (κ2) is 9.19. The van der Waals surface area contributed by atoms with E-state index in [1.54, 1.807) is 14.0 Å². The third-order valence-electron chi connectivity index (χ3n) is 4.02. The molecule has 136 valence electrons. The third kappa shape index (κ3) is 5.04. The minimum Gasteiger partial charge on any atom is -0.340 e. The van der Waals surface area contributed by atoms with Crippen molar-refractivity contribution in [3.05, 3.63) is 69.0 Å². The molecule has 2 aromatic rings. The second-order valence-electron chi connectivity index (χ2n) is 5.73. The van der Waals surface area contributed by atoms with Crippen LogP contribution in [0, 0.1) is 0 Å². The molecule has 1 aromatic carbocycles. The molecule has 1 heterocycles. The average molecular weight is 367 g/mol. The van der Waals surface area contributed by atoms with E-state index in [4.69, 9.17) is 5.73 Å². The normalized spacial score (nSPS) is 11.5. The zero-order valence-corrected chi connectivity index (χ0v) is 15.1. The highest BCUT2D eigenvalue weighted by Crippen LogP contribution is 2.00. The van der Waals surface area contributed by atoms with Gasteiger partial charge in [0.2, 0.25) is 5.91 Å². The first kappa shape index (κ1) is 20.7. The molecule has 1 amide bonds. The number of carbonyl (C=O) groups is 1. The summed E-state index contributed by atoms with van der Waals surface area (Å²) >= 11 is 0. The molecule has 0 saturated carbocycles. The second-order valence-corrected chi connectivity index (χ2v) is 5.73. The van der Waals surface area contributed by atoms with Gasteiger partial charge in [-0.2, -0.15) is 0 Å². The van der Waals surface area contributed by atoms with Gasteiger partial charge < -0.3 is 10.6 Å². The molecule has 25 heavy (non-hydrogen) atoms. The van der Waals surface area contributed by atoms with E-state index in [2.05, 4.69) is 0 Å². The Balaban J connectivity index is 0.00000312. The molecule has 2 N–H and O–H groups in total. The summed E-state index contributed by atoms with van der Waals surface area (Å²) in [5, 5.41) is 0. The highest BCUT2D eigenvalue weighted by molar-refractivity contribution is 5.85. The predicted octanol–water partition coefficient (Wildman–Crippen LogP) is 0.286. The van der Waals surface area contributed by atoms with Gasteiger partial charge in [0.1, 0.15) is 6.54 Å². The third-order valence-corrected chi connectivity index (χ3v) is 4.02. The highest BCUT2D eigenvalue weighted by atomic mass is 35.5. The van der Waals surface area contributed by atoms with Crippen LogP contribution in [0.5, 0.6) is 0 Å². The number of nitrogens with zero attached hydrogens (tertiary/aromatic N) is 3. The van der Waals surface area contributed by atoms with Crippen molar-refractivity contribution in [2.24, 2.45) is 5.73 Å². The van der Waals surface area contributed by atoms with Crippen molar-refractivity contribution in [1.82, 2.24) is 14.0 Å². The minimum atomic E-state index is -0.506. The maximum atomic E-state index is 12.5. The predicted molar refractivity (Wildman–Crippen MR) is 99.0 cm³/mol. The number of benzene rings is 1. The van der Waals surface area contributed by atoms with E-state index in [0.29, 0.717) is 13.1 Å². The van der Waals surface area contributed by atoms with Crippen LogP contribution in [0.4, 0.5) is 0 Å². The molecule has 0 fully saturated rings. The van der Waals surface area contributed by atoms with Crippen LogP contribution in [-0.2, 0) is 17.9 Å². The van der Waals surface area contributed by atoms with Crippen molar-refractivity contribution in [1.29, 1.82) is 0 Å². The summed E-state index contributed by atoms with van der Waals surface area (Å²) in [5.74, 6) is -0.329. The fourth-order valence-electron chi connectivity index (χ4n) is 2.25. The van der Waals surface area contributed by atoms with Gasteiger partial charge in [0.05, 0.1) is 6.54 Å². The van der Waals surface area contributed by atoms with Gasteiger partial charge in [-0.1, -0.05) is 30.3 Å². The first-order valence-corrected chi connectivity index (χ1v) is 7.74. The van der Waals surface area contributed by atoms with Crippen LogP contribution in [-0.4, -0.2) is 39.6 Å². The van der Waals surface area contributed by atoms with Crippen molar-refractivity contribution in [2.75, 3.05) is 13.6 Å². The highest BCUT2D eigenvalue weighted by Gasteiger charge is 2.17. The monoisotopic (exact) mass is 366 g/mol. The molecule has 0 aliphatic heterocycles. The molecular formula is C17H23ClN4O3. The van der Waals surface area contributed by atoms with Crippen LogP contribution < -0.4 is 17.0 Å². The van der Waals surface area contributed by atoms with Gasteiger partial charge >= 0.3 is 5.69 Å². The fraction of sp³-hybridized carbons (Fsp3) is 0.353. The zero-order chi connectivity index (χ0) is 17.7. The number of nitrogens with two attached hydrogens (primary N) is 1. The Hall–Kier alpha value is -2.38. The number of halogens is 1. The van der Waals surface area contributed by atoms with Gasteiger partial charge in [0.15, 0.2) is 0 Å².